The van der Waals surface area contributed by atoms with Gasteiger partial charge in [0.15, 0.2) is 0 Å². The maximum atomic E-state index is 12.4. The third-order valence-corrected chi connectivity index (χ3v) is 3.19. The van der Waals surface area contributed by atoms with Crippen LogP contribution in [0.25, 0.3) is 0 Å². The Morgan fingerprint density at radius 1 is 1.00 bits per heavy atom. The van der Waals surface area contributed by atoms with Crippen molar-refractivity contribution in [1.82, 2.24) is 0 Å². The highest BCUT2D eigenvalue weighted by atomic mass is 16.3. The van der Waals surface area contributed by atoms with Gasteiger partial charge in [-0.15, -0.1) is 0 Å². The first-order valence-electron chi connectivity index (χ1n) is 5.86. The van der Waals surface area contributed by atoms with Crippen LogP contribution in [0.1, 0.15) is 20.7 Å². The van der Waals surface area contributed by atoms with Gasteiger partial charge in [0.05, 0.1) is 16.8 Å². The minimum absolute atomic E-state index is 0.0515. The van der Waals surface area contributed by atoms with Gasteiger partial charge in [-0.05, 0) is 30.3 Å². The van der Waals surface area contributed by atoms with Crippen molar-refractivity contribution in [2.45, 2.75) is 0 Å². The van der Waals surface area contributed by atoms with Gasteiger partial charge in [-0.1, -0.05) is 6.07 Å². The van der Waals surface area contributed by atoms with Gasteiger partial charge in [0.2, 0.25) is 0 Å². The van der Waals surface area contributed by atoms with E-state index >= 15 is 0 Å². The molecule has 1 heterocycles. The maximum absolute atomic E-state index is 12.4. The van der Waals surface area contributed by atoms with Crippen LogP contribution in [0.5, 0.6) is 5.75 Å². The fourth-order valence-electron chi connectivity index (χ4n) is 2.25. The second kappa shape index (κ2) is 3.99. The average molecular weight is 269 g/mol. The van der Waals surface area contributed by atoms with Crippen LogP contribution in [0.15, 0.2) is 36.4 Å². The monoisotopic (exact) mass is 269 g/mol. The van der Waals surface area contributed by atoms with Crippen molar-refractivity contribution in [3.8, 4) is 5.75 Å². The molecule has 100 valence electrons. The molecule has 3 rings (SSSR count). The van der Waals surface area contributed by atoms with Crippen LogP contribution in [-0.2, 0) is 0 Å². The summed E-state index contributed by atoms with van der Waals surface area (Å²) in [5.74, 6) is -1.30. The van der Waals surface area contributed by atoms with Crippen LogP contribution < -0.4 is 16.4 Å². The summed E-state index contributed by atoms with van der Waals surface area (Å²) in [7, 11) is 0. The van der Waals surface area contributed by atoms with Crippen LogP contribution in [0, 0.1) is 0 Å². The highest BCUT2D eigenvalue weighted by Gasteiger charge is 2.39. The predicted molar refractivity (Wildman–Crippen MR) is 74.5 cm³/mol. The van der Waals surface area contributed by atoms with Crippen LogP contribution in [0.3, 0.4) is 0 Å². The van der Waals surface area contributed by atoms with E-state index < -0.39 is 11.8 Å². The van der Waals surface area contributed by atoms with E-state index in [1.165, 1.54) is 24.3 Å². The summed E-state index contributed by atoms with van der Waals surface area (Å²) in [6, 6.07) is 8.85. The number of aromatic hydroxyl groups is 1. The minimum Gasteiger partial charge on any atom is -0.506 e. The average Bonchev–Trinajstić information content (AvgIpc) is 2.66. The quantitative estimate of drug-likeness (QED) is 0.411. The number of phenolic OH excluding ortho intramolecular Hbond substituents is 1. The van der Waals surface area contributed by atoms with Gasteiger partial charge in [-0.3, -0.25) is 9.59 Å². The molecule has 0 radical (unpaired) electrons. The van der Waals surface area contributed by atoms with E-state index in [1.54, 1.807) is 12.1 Å². The third kappa shape index (κ3) is 1.51. The lowest BCUT2D eigenvalue weighted by atomic mass is 10.1. The lowest BCUT2D eigenvalue weighted by Crippen LogP contribution is -2.29. The van der Waals surface area contributed by atoms with Gasteiger partial charge in [0.25, 0.3) is 11.8 Å². The Balaban J connectivity index is 2.19. The molecule has 0 atom stereocenters. The Bertz CT molecular complexity index is 755. The Morgan fingerprint density at radius 2 is 1.75 bits per heavy atom. The maximum Gasteiger partial charge on any atom is 0.268 e. The van der Waals surface area contributed by atoms with Crippen molar-refractivity contribution in [3.63, 3.8) is 0 Å². The molecule has 0 saturated heterocycles. The summed E-state index contributed by atoms with van der Waals surface area (Å²) in [4.78, 5) is 25.6. The van der Waals surface area contributed by atoms with Crippen molar-refractivity contribution in [2.75, 3.05) is 16.4 Å². The molecule has 0 fully saturated rings. The molecular weight excluding hydrogens is 258 g/mol. The van der Waals surface area contributed by atoms with Crippen LogP contribution in [0.4, 0.5) is 17.1 Å². The first-order chi connectivity index (χ1) is 9.50. The van der Waals surface area contributed by atoms with E-state index in [4.69, 9.17) is 11.5 Å². The van der Waals surface area contributed by atoms with Crippen LogP contribution in [-0.4, -0.2) is 16.9 Å². The molecule has 0 spiro atoms. The number of phenols is 1. The van der Waals surface area contributed by atoms with Gasteiger partial charge in [-0.25, -0.2) is 4.90 Å². The van der Waals surface area contributed by atoms with E-state index in [0.717, 1.165) is 4.90 Å². The first-order valence-corrected chi connectivity index (χ1v) is 5.86. The zero-order chi connectivity index (χ0) is 14.4. The number of nitrogens with two attached hydrogens (primary N) is 2. The number of amides is 2. The van der Waals surface area contributed by atoms with Crippen molar-refractivity contribution in [3.05, 3.63) is 47.5 Å². The van der Waals surface area contributed by atoms with Gasteiger partial charge >= 0.3 is 0 Å². The number of nitrogens with zero attached hydrogens (tertiary/aromatic N) is 1. The van der Waals surface area contributed by atoms with Crippen molar-refractivity contribution in [2.24, 2.45) is 0 Å². The van der Waals surface area contributed by atoms with E-state index in [0.29, 0.717) is 5.69 Å². The van der Waals surface area contributed by atoms with Crippen LogP contribution >= 0.6 is 0 Å². The number of carbonyl (C=O) groups is 2. The molecule has 2 aromatic carbocycles. The fraction of sp³-hybridized carbons (Fsp3) is 0. The van der Waals surface area contributed by atoms with Crippen molar-refractivity contribution in [1.29, 1.82) is 0 Å². The number of nitrogen functional groups attached to an aromatic ring is 2. The molecule has 6 nitrogen and oxygen atoms in total. The second-order valence-electron chi connectivity index (χ2n) is 4.46. The predicted octanol–water partition coefficient (Wildman–Crippen LogP) is 1.36. The van der Waals surface area contributed by atoms with Crippen molar-refractivity contribution >= 4 is 28.9 Å². The lowest BCUT2D eigenvalue weighted by Gasteiger charge is -2.15. The smallest absolute Gasteiger partial charge is 0.268 e. The number of anilines is 3. The van der Waals surface area contributed by atoms with Crippen LogP contribution in [0.2, 0.25) is 0 Å². The molecule has 6 heteroatoms. The molecular formula is C14H11N3O3. The Morgan fingerprint density at radius 3 is 2.45 bits per heavy atom. The molecule has 5 N–H and O–H groups in total. The van der Waals surface area contributed by atoms with Gasteiger partial charge in [0.1, 0.15) is 5.75 Å². The molecule has 2 aromatic rings. The first kappa shape index (κ1) is 12.0. The topological polar surface area (TPSA) is 110 Å². The summed E-state index contributed by atoms with van der Waals surface area (Å²) >= 11 is 0. The number of hydrogen-bond donors (Lipinski definition) is 3. The zero-order valence-corrected chi connectivity index (χ0v) is 10.3. The number of benzene rings is 2. The number of hydrogen-bond acceptors (Lipinski definition) is 5. The minimum atomic E-state index is -0.566. The summed E-state index contributed by atoms with van der Waals surface area (Å²) < 4.78 is 0. The molecule has 0 bridgehead atoms. The molecule has 2 amide bonds. The Kier molecular flexibility index (Phi) is 2.40. The largest absolute Gasteiger partial charge is 0.506 e. The van der Waals surface area contributed by atoms with E-state index in [9.17, 15) is 14.7 Å². The van der Waals surface area contributed by atoms with Gasteiger partial charge in [-0.2, -0.15) is 0 Å². The highest BCUT2D eigenvalue weighted by Crippen LogP contribution is 2.36. The molecule has 0 unspecified atom stereocenters. The number of rotatable bonds is 1. The molecule has 0 saturated carbocycles. The standard InChI is InChI=1S/C14H11N3O3/c15-7-4-5-11(18)10(6-7)17-13(19)8-2-1-3-9(16)12(8)14(17)20/h1-6,18H,15-16H2. The number of imide groups is 1. The Hall–Kier alpha value is -3.02. The van der Waals surface area contributed by atoms with Crippen molar-refractivity contribution < 1.29 is 14.7 Å². The summed E-state index contributed by atoms with van der Waals surface area (Å²) in [5, 5.41) is 9.85. The third-order valence-electron chi connectivity index (χ3n) is 3.19. The highest BCUT2D eigenvalue weighted by molar-refractivity contribution is 6.36. The van der Waals surface area contributed by atoms with Gasteiger partial charge < -0.3 is 16.6 Å². The molecule has 1 aliphatic rings. The molecule has 0 aliphatic carbocycles. The number of fused-ring (bicyclic) bond motifs is 1. The van der Waals surface area contributed by atoms with Gasteiger partial charge in [0, 0.05) is 11.4 Å². The van der Waals surface area contributed by atoms with E-state index in [2.05, 4.69) is 0 Å². The number of carbonyl (C=O) groups excluding carboxylic acids is 2. The zero-order valence-electron chi connectivity index (χ0n) is 10.3. The van der Waals surface area contributed by atoms with E-state index in [-0.39, 0.29) is 28.3 Å². The SMILES string of the molecule is Nc1ccc(O)c(N2C(=O)c3cccc(N)c3C2=O)c1. The Labute approximate surface area is 114 Å². The second-order valence-corrected chi connectivity index (χ2v) is 4.46. The lowest BCUT2D eigenvalue weighted by molar-refractivity contribution is 0.0925. The molecule has 1 aliphatic heterocycles. The van der Waals surface area contributed by atoms with E-state index in [1.807, 2.05) is 0 Å². The summed E-state index contributed by atoms with van der Waals surface area (Å²) in [6.07, 6.45) is 0. The molecule has 20 heavy (non-hydrogen) atoms. The summed E-state index contributed by atoms with van der Waals surface area (Å²) in [5.41, 5.74) is 12.4. The molecule has 0 aromatic heterocycles. The fourth-order valence-corrected chi connectivity index (χ4v) is 2.25. The summed E-state index contributed by atoms with van der Waals surface area (Å²) in [6.45, 7) is 0. The normalized spacial score (nSPS) is 13.7.